The molecule has 13 heteroatoms. The smallest absolute Gasteiger partial charge is 0.410 e. The molecule has 2 saturated carbocycles. The molecule has 5 atom stereocenters. The Hall–Kier alpha value is -3.22. The molecule has 6 rings (SSSR count). The van der Waals surface area contributed by atoms with E-state index in [1.165, 1.54) is 15.9 Å². The van der Waals surface area contributed by atoms with Crippen molar-refractivity contribution in [3.05, 3.63) is 35.1 Å². The molecule has 11 nitrogen and oxygen atoms in total. The van der Waals surface area contributed by atoms with Crippen molar-refractivity contribution >= 4 is 33.8 Å². The van der Waals surface area contributed by atoms with Crippen LogP contribution in [0.4, 0.5) is 9.18 Å². The molecule has 40 heavy (non-hydrogen) atoms. The first-order chi connectivity index (χ1) is 19.0. The Morgan fingerprint density at radius 1 is 1.18 bits per heavy atom. The van der Waals surface area contributed by atoms with Crippen LogP contribution in [0.5, 0.6) is 0 Å². The van der Waals surface area contributed by atoms with Crippen LogP contribution in [0.3, 0.4) is 0 Å². The van der Waals surface area contributed by atoms with E-state index in [0.29, 0.717) is 49.7 Å². The van der Waals surface area contributed by atoms with Gasteiger partial charge in [0.2, 0.25) is 21.8 Å². The van der Waals surface area contributed by atoms with Crippen molar-refractivity contribution in [1.82, 2.24) is 19.8 Å². The molecule has 1 aromatic carbocycles. The first kappa shape index (κ1) is 27.0. The monoisotopic (exact) mass is 576 g/mol. The summed E-state index contributed by atoms with van der Waals surface area (Å²) >= 11 is 0. The molecule has 4 fully saturated rings. The minimum absolute atomic E-state index is 0.0536. The predicted molar refractivity (Wildman–Crippen MR) is 138 cm³/mol. The third-order valence-electron chi connectivity index (χ3n) is 9.04. The maximum Gasteiger partial charge on any atom is 0.410 e. The number of piperidine rings is 1. The first-order valence-corrected chi connectivity index (χ1v) is 15.5. The van der Waals surface area contributed by atoms with Crippen LogP contribution < -0.4 is 10.0 Å². The number of hydrogen-bond acceptors (Lipinski definition) is 7. The zero-order valence-electron chi connectivity index (χ0n) is 22.2. The molecule has 0 spiro atoms. The lowest BCUT2D eigenvalue weighted by Crippen LogP contribution is -2.58. The number of benzene rings is 1. The molecule has 5 aliphatic rings. The van der Waals surface area contributed by atoms with Crippen LogP contribution in [0.15, 0.2) is 18.2 Å². The molecule has 2 saturated heterocycles. The maximum absolute atomic E-state index is 14.2. The molecule has 216 valence electrons. The summed E-state index contributed by atoms with van der Waals surface area (Å²) in [5.74, 6) is -2.16. The van der Waals surface area contributed by atoms with Crippen LogP contribution in [0.1, 0.15) is 69.4 Å². The fourth-order valence-corrected chi connectivity index (χ4v) is 7.91. The SMILES string of the molecule is CC[C@@H]1C[C@]1(NC(=O)[C@@H]1C[C@@H](OC(=O)N2Cc3cccc(F)c3C2)[C@H]2CCCC(=O)N21)C(=O)NS(=O)(=O)C1CC1. The Morgan fingerprint density at radius 3 is 2.62 bits per heavy atom. The number of carbonyl (C=O) groups is 4. The van der Waals surface area contributed by atoms with Crippen LogP contribution in [-0.4, -0.2) is 71.0 Å². The number of hydrogen-bond donors (Lipinski definition) is 2. The van der Waals surface area contributed by atoms with E-state index in [1.54, 1.807) is 12.1 Å². The van der Waals surface area contributed by atoms with E-state index in [1.807, 2.05) is 6.92 Å². The minimum atomic E-state index is -3.80. The van der Waals surface area contributed by atoms with Crippen molar-refractivity contribution in [2.24, 2.45) is 5.92 Å². The Morgan fingerprint density at radius 2 is 1.95 bits per heavy atom. The summed E-state index contributed by atoms with van der Waals surface area (Å²) < 4.78 is 47.0. The van der Waals surface area contributed by atoms with E-state index in [9.17, 15) is 32.0 Å². The van der Waals surface area contributed by atoms with E-state index in [2.05, 4.69) is 10.0 Å². The third-order valence-corrected chi connectivity index (χ3v) is 10.9. The van der Waals surface area contributed by atoms with Crippen LogP contribution in [0.25, 0.3) is 0 Å². The van der Waals surface area contributed by atoms with Crippen molar-refractivity contribution in [3.8, 4) is 0 Å². The summed E-state index contributed by atoms with van der Waals surface area (Å²) in [5.41, 5.74) is -0.209. The molecule has 0 radical (unpaired) electrons. The van der Waals surface area contributed by atoms with Gasteiger partial charge in [-0.1, -0.05) is 25.5 Å². The molecule has 2 N–H and O–H groups in total. The largest absolute Gasteiger partial charge is 0.444 e. The van der Waals surface area contributed by atoms with Crippen LogP contribution in [0.2, 0.25) is 0 Å². The highest BCUT2D eigenvalue weighted by molar-refractivity contribution is 7.91. The Labute approximate surface area is 231 Å². The summed E-state index contributed by atoms with van der Waals surface area (Å²) in [6.07, 6.45) is 1.91. The minimum Gasteiger partial charge on any atom is -0.444 e. The van der Waals surface area contributed by atoms with Gasteiger partial charge >= 0.3 is 6.09 Å². The number of nitrogens with zero attached hydrogens (tertiary/aromatic N) is 2. The van der Waals surface area contributed by atoms with Gasteiger partial charge in [-0.2, -0.15) is 0 Å². The zero-order chi connectivity index (χ0) is 28.4. The topological polar surface area (TPSA) is 142 Å². The number of nitrogens with one attached hydrogen (secondary N) is 2. The van der Waals surface area contributed by atoms with E-state index < -0.39 is 56.9 Å². The number of ether oxygens (including phenoxy) is 1. The lowest BCUT2D eigenvalue weighted by atomic mass is 10.0. The molecule has 4 amide bonds. The van der Waals surface area contributed by atoms with Gasteiger partial charge in [0.05, 0.1) is 17.8 Å². The molecule has 0 unspecified atom stereocenters. The van der Waals surface area contributed by atoms with Gasteiger partial charge in [0.1, 0.15) is 23.5 Å². The van der Waals surface area contributed by atoms with Gasteiger partial charge in [-0.25, -0.2) is 17.6 Å². The Kier molecular flexibility index (Phi) is 6.54. The fourth-order valence-electron chi connectivity index (χ4n) is 6.55. The second kappa shape index (κ2) is 9.71. The molecule has 0 aromatic heterocycles. The van der Waals surface area contributed by atoms with Crippen molar-refractivity contribution < 1.29 is 36.7 Å². The second-order valence-electron chi connectivity index (χ2n) is 11.6. The lowest BCUT2D eigenvalue weighted by Gasteiger charge is -2.35. The van der Waals surface area contributed by atoms with Gasteiger partial charge < -0.3 is 15.0 Å². The van der Waals surface area contributed by atoms with Gasteiger partial charge in [0.25, 0.3) is 5.91 Å². The number of carbonyl (C=O) groups excluding carboxylic acids is 4. The summed E-state index contributed by atoms with van der Waals surface area (Å²) in [5, 5.41) is 2.21. The van der Waals surface area contributed by atoms with Crippen LogP contribution in [0, 0.1) is 11.7 Å². The number of rotatable bonds is 7. The summed E-state index contributed by atoms with van der Waals surface area (Å²) in [6.45, 7) is 2.14. The standard InChI is InChI=1S/C27H33FN4O7S/c1-2-16-12-27(16,25(35)30-40(37,38)17-9-10-17)29-24(34)21-11-22(20-7-4-8-23(33)32(20)21)39-26(36)31-13-15-5-3-6-19(28)18(15)14-31/h3,5-6,16-17,20-22H,2,4,7-14H2,1H3,(H,29,34)(H,30,35)/t16-,20-,21+,22-,27-/m1/s1. The third kappa shape index (κ3) is 4.61. The Balaban J connectivity index is 1.16. The van der Waals surface area contributed by atoms with E-state index in [-0.39, 0.29) is 43.6 Å². The molecule has 0 bridgehead atoms. The number of amides is 4. The van der Waals surface area contributed by atoms with E-state index >= 15 is 0 Å². The average Bonchev–Trinajstić information content (AvgIpc) is 3.81. The molecule has 3 heterocycles. The quantitative estimate of drug-likeness (QED) is 0.503. The molecule has 2 aliphatic carbocycles. The number of sulfonamides is 1. The maximum atomic E-state index is 14.2. The molecule has 1 aromatic rings. The van der Waals surface area contributed by atoms with E-state index in [0.717, 1.165) is 0 Å². The van der Waals surface area contributed by atoms with Crippen molar-refractivity contribution in [1.29, 1.82) is 0 Å². The van der Waals surface area contributed by atoms with Crippen molar-refractivity contribution in [3.63, 3.8) is 0 Å². The van der Waals surface area contributed by atoms with Gasteiger partial charge in [-0.15, -0.1) is 0 Å². The van der Waals surface area contributed by atoms with Crippen molar-refractivity contribution in [2.45, 2.75) is 100 Å². The van der Waals surface area contributed by atoms with Gasteiger partial charge in [0.15, 0.2) is 0 Å². The average molecular weight is 577 g/mol. The zero-order valence-corrected chi connectivity index (χ0v) is 23.0. The van der Waals surface area contributed by atoms with Crippen LogP contribution in [-0.2, 0) is 42.2 Å². The van der Waals surface area contributed by atoms with Gasteiger partial charge in [0, 0.05) is 24.9 Å². The highest BCUT2D eigenvalue weighted by Crippen LogP contribution is 2.47. The van der Waals surface area contributed by atoms with Gasteiger partial charge in [-0.3, -0.25) is 24.0 Å². The lowest BCUT2D eigenvalue weighted by molar-refractivity contribution is -0.144. The molecule has 3 aliphatic heterocycles. The summed E-state index contributed by atoms with van der Waals surface area (Å²) in [4.78, 5) is 55.7. The highest BCUT2D eigenvalue weighted by Gasteiger charge is 2.62. The Bertz CT molecular complexity index is 1380. The number of fused-ring (bicyclic) bond motifs is 2. The normalized spacial score (nSPS) is 30.9. The predicted octanol–water partition coefficient (Wildman–Crippen LogP) is 1.69. The summed E-state index contributed by atoms with van der Waals surface area (Å²) in [6, 6.07) is 3.23. The molecular weight excluding hydrogens is 543 g/mol. The van der Waals surface area contributed by atoms with Gasteiger partial charge in [-0.05, 0) is 49.7 Å². The fraction of sp³-hybridized carbons (Fsp3) is 0.630. The second-order valence-corrected chi connectivity index (χ2v) is 13.6. The first-order valence-electron chi connectivity index (χ1n) is 13.9. The number of halogens is 1. The highest BCUT2D eigenvalue weighted by atomic mass is 32.2. The van der Waals surface area contributed by atoms with Crippen molar-refractivity contribution in [2.75, 3.05) is 0 Å². The summed E-state index contributed by atoms with van der Waals surface area (Å²) in [7, 11) is -3.80. The van der Waals surface area contributed by atoms with Crippen LogP contribution >= 0.6 is 0 Å². The van der Waals surface area contributed by atoms with E-state index in [4.69, 9.17) is 4.74 Å². The molecular formula is C27H33FN4O7S.